The van der Waals surface area contributed by atoms with Crippen molar-refractivity contribution in [1.82, 2.24) is 5.32 Å². The molecule has 0 radical (unpaired) electrons. The van der Waals surface area contributed by atoms with Crippen molar-refractivity contribution in [2.45, 2.75) is 64.9 Å². The van der Waals surface area contributed by atoms with Crippen molar-refractivity contribution in [3.63, 3.8) is 0 Å². The molecule has 0 spiro atoms. The summed E-state index contributed by atoms with van der Waals surface area (Å²) in [7, 11) is 0. The van der Waals surface area contributed by atoms with Gasteiger partial charge in [-0.1, -0.05) is 30.3 Å². The largest absolute Gasteiger partial charge is 0.464 e. The summed E-state index contributed by atoms with van der Waals surface area (Å²) in [5.74, 6) is -0.438. The number of amides is 1. The van der Waals surface area contributed by atoms with Gasteiger partial charge in [0.15, 0.2) is 0 Å². The van der Waals surface area contributed by atoms with Crippen LogP contribution in [0.4, 0.5) is 4.79 Å². The van der Waals surface area contributed by atoms with Gasteiger partial charge in [-0.05, 0) is 52.0 Å². The van der Waals surface area contributed by atoms with E-state index in [9.17, 15) is 9.59 Å². The van der Waals surface area contributed by atoms with Crippen LogP contribution in [0.1, 0.15) is 46.1 Å². The normalized spacial score (nSPS) is 20.6. The van der Waals surface area contributed by atoms with Crippen molar-refractivity contribution in [3.8, 4) is 0 Å². The van der Waals surface area contributed by atoms with Crippen molar-refractivity contribution in [1.29, 1.82) is 0 Å². The van der Waals surface area contributed by atoms with Crippen molar-refractivity contribution in [3.05, 3.63) is 35.9 Å². The molecule has 0 aromatic heterocycles. The molecule has 6 nitrogen and oxygen atoms in total. The maximum Gasteiger partial charge on any atom is 0.408 e. The Hall–Kier alpha value is -2.08. The van der Waals surface area contributed by atoms with E-state index in [1.54, 1.807) is 27.7 Å². The molecule has 1 saturated carbocycles. The van der Waals surface area contributed by atoms with Gasteiger partial charge in [0, 0.05) is 0 Å². The van der Waals surface area contributed by atoms with Crippen molar-refractivity contribution >= 4 is 12.1 Å². The fraction of sp³-hybridized carbons (Fsp3) is 0.600. The molecule has 6 heteroatoms. The maximum atomic E-state index is 12.2. The van der Waals surface area contributed by atoms with E-state index in [1.807, 2.05) is 30.3 Å². The Balaban J connectivity index is 1.85. The Labute approximate surface area is 155 Å². The molecular formula is C20H29NO5. The number of hydrogen-bond acceptors (Lipinski definition) is 5. The summed E-state index contributed by atoms with van der Waals surface area (Å²) < 4.78 is 16.2. The highest BCUT2D eigenvalue weighted by molar-refractivity contribution is 5.82. The molecule has 0 aliphatic heterocycles. The highest BCUT2D eigenvalue weighted by Gasteiger charge is 2.41. The summed E-state index contributed by atoms with van der Waals surface area (Å²) in [5.41, 5.74) is 0.495. The van der Waals surface area contributed by atoms with Gasteiger partial charge in [-0.15, -0.1) is 0 Å². The molecule has 1 aliphatic carbocycles. The standard InChI is InChI=1S/C20H29NO5/c1-5-24-18(22)17(21-19(23)26-20(2,3)4)15-11-16(12-15)25-13-14-9-7-6-8-10-14/h6-10,15-17H,5,11-13H2,1-4H3,(H,21,23)/t15?,16?,17-/m1/s1. The van der Waals surface area contributed by atoms with E-state index in [-0.39, 0.29) is 18.6 Å². The van der Waals surface area contributed by atoms with Crippen LogP contribution in [0.2, 0.25) is 0 Å². The molecule has 1 aromatic carbocycles. The number of rotatable bonds is 7. The lowest BCUT2D eigenvalue weighted by atomic mass is 9.77. The number of ether oxygens (including phenoxy) is 3. The highest BCUT2D eigenvalue weighted by atomic mass is 16.6. The van der Waals surface area contributed by atoms with Crippen LogP contribution in [0.5, 0.6) is 0 Å². The summed E-state index contributed by atoms with van der Waals surface area (Å²) in [6.45, 7) is 7.90. The number of carbonyl (C=O) groups excluding carboxylic acids is 2. The summed E-state index contributed by atoms with van der Waals surface area (Å²) in [6, 6.07) is 9.24. The monoisotopic (exact) mass is 363 g/mol. The van der Waals surface area contributed by atoms with Crippen LogP contribution >= 0.6 is 0 Å². The second-order valence-corrected chi connectivity index (χ2v) is 7.53. The minimum atomic E-state index is -0.707. The van der Waals surface area contributed by atoms with Crippen LogP contribution in [0.3, 0.4) is 0 Å². The molecular weight excluding hydrogens is 334 g/mol. The van der Waals surface area contributed by atoms with E-state index in [4.69, 9.17) is 14.2 Å². The van der Waals surface area contributed by atoms with E-state index < -0.39 is 23.7 Å². The Morgan fingerprint density at radius 2 is 1.85 bits per heavy atom. The summed E-state index contributed by atoms with van der Waals surface area (Å²) in [4.78, 5) is 24.3. The van der Waals surface area contributed by atoms with E-state index in [1.165, 1.54) is 0 Å². The van der Waals surface area contributed by atoms with Crippen molar-refractivity contribution in [2.24, 2.45) is 5.92 Å². The molecule has 0 unspecified atom stereocenters. The second-order valence-electron chi connectivity index (χ2n) is 7.53. The third kappa shape index (κ3) is 6.33. The van der Waals surface area contributed by atoms with Crippen LogP contribution in [0.15, 0.2) is 30.3 Å². The number of nitrogens with one attached hydrogen (secondary N) is 1. The Morgan fingerprint density at radius 3 is 2.42 bits per heavy atom. The fourth-order valence-corrected chi connectivity index (χ4v) is 2.84. The van der Waals surface area contributed by atoms with Crippen LogP contribution < -0.4 is 5.32 Å². The molecule has 1 fully saturated rings. The van der Waals surface area contributed by atoms with E-state index >= 15 is 0 Å². The van der Waals surface area contributed by atoms with Gasteiger partial charge >= 0.3 is 12.1 Å². The van der Waals surface area contributed by atoms with Gasteiger partial charge in [-0.2, -0.15) is 0 Å². The van der Waals surface area contributed by atoms with Gasteiger partial charge in [0.25, 0.3) is 0 Å². The number of benzene rings is 1. The molecule has 0 saturated heterocycles. The molecule has 26 heavy (non-hydrogen) atoms. The van der Waals surface area contributed by atoms with Gasteiger partial charge < -0.3 is 19.5 Å². The van der Waals surface area contributed by atoms with Crippen LogP contribution in [-0.4, -0.2) is 36.4 Å². The van der Waals surface area contributed by atoms with E-state index in [0.717, 1.165) is 5.56 Å². The predicted octanol–water partition coefficient (Wildman–Crippen LogP) is 3.44. The highest BCUT2D eigenvalue weighted by Crippen LogP contribution is 2.34. The van der Waals surface area contributed by atoms with Crippen molar-refractivity contribution in [2.75, 3.05) is 6.61 Å². The Kier molecular flexibility index (Phi) is 7.03. The number of esters is 1. The lowest BCUT2D eigenvalue weighted by Gasteiger charge is -2.39. The molecule has 1 amide bonds. The third-order valence-electron chi connectivity index (χ3n) is 4.14. The first kappa shape index (κ1) is 20.2. The summed E-state index contributed by atoms with van der Waals surface area (Å²) >= 11 is 0. The SMILES string of the molecule is CCOC(=O)[C@H](NC(=O)OC(C)(C)C)C1CC(OCc2ccccc2)C1. The molecule has 0 heterocycles. The minimum Gasteiger partial charge on any atom is -0.464 e. The minimum absolute atomic E-state index is 0.0117. The van der Waals surface area contributed by atoms with Gasteiger partial charge in [-0.3, -0.25) is 0 Å². The number of hydrogen-bond donors (Lipinski definition) is 1. The Morgan fingerprint density at radius 1 is 1.19 bits per heavy atom. The fourth-order valence-electron chi connectivity index (χ4n) is 2.84. The van der Waals surface area contributed by atoms with Gasteiger partial charge in [0.2, 0.25) is 0 Å². The van der Waals surface area contributed by atoms with Gasteiger partial charge in [-0.25, -0.2) is 9.59 Å². The molecule has 0 bridgehead atoms. The quantitative estimate of drug-likeness (QED) is 0.751. The zero-order valence-electron chi connectivity index (χ0n) is 16.0. The van der Waals surface area contributed by atoms with Gasteiger partial charge in [0.1, 0.15) is 11.6 Å². The zero-order valence-corrected chi connectivity index (χ0v) is 16.0. The topological polar surface area (TPSA) is 73.9 Å². The van der Waals surface area contributed by atoms with Gasteiger partial charge in [0.05, 0.1) is 19.3 Å². The second kappa shape index (κ2) is 9.03. The average molecular weight is 363 g/mol. The van der Waals surface area contributed by atoms with Crippen molar-refractivity contribution < 1.29 is 23.8 Å². The third-order valence-corrected chi connectivity index (χ3v) is 4.14. The first-order valence-corrected chi connectivity index (χ1v) is 9.10. The number of carbonyl (C=O) groups is 2. The lowest BCUT2D eigenvalue weighted by Crippen LogP contribution is -2.53. The summed E-state index contributed by atoms with van der Waals surface area (Å²) in [6.07, 6.45) is 0.875. The first-order valence-electron chi connectivity index (χ1n) is 9.10. The van der Waals surface area contributed by atoms with Crippen LogP contribution in [0, 0.1) is 5.92 Å². The van der Waals surface area contributed by atoms with Crippen LogP contribution in [-0.2, 0) is 25.6 Å². The molecule has 2 rings (SSSR count). The van der Waals surface area contributed by atoms with E-state index in [2.05, 4.69) is 5.32 Å². The zero-order chi connectivity index (χ0) is 19.2. The lowest BCUT2D eigenvalue weighted by molar-refractivity contribution is -0.150. The average Bonchev–Trinajstić information content (AvgIpc) is 2.51. The predicted molar refractivity (Wildman–Crippen MR) is 97.5 cm³/mol. The maximum absolute atomic E-state index is 12.2. The Bertz CT molecular complexity index is 590. The molecule has 144 valence electrons. The van der Waals surface area contributed by atoms with E-state index in [0.29, 0.717) is 19.4 Å². The van der Waals surface area contributed by atoms with Crippen LogP contribution in [0.25, 0.3) is 0 Å². The molecule has 1 aliphatic rings. The number of alkyl carbamates (subject to hydrolysis) is 1. The first-order chi connectivity index (χ1) is 12.3. The molecule has 1 atom stereocenters. The molecule has 1 aromatic rings. The summed E-state index contributed by atoms with van der Waals surface area (Å²) in [5, 5.41) is 2.66. The molecule has 1 N–H and O–H groups in total. The smallest absolute Gasteiger partial charge is 0.408 e.